The number of Topliss-reactive ketones (excluding diaryl/α,β-unsaturated/α-hetero) is 1. The van der Waals surface area contributed by atoms with Crippen LogP contribution in [-0.2, 0) is 20.7 Å². The summed E-state index contributed by atoms with van der Waals surface area (Å²) in [7, 11) is 0. The number of hydrogen-bond acceptors (Lipinski definition) is 4. The van der Waals surface area contributed by atoms with Gasteiger partial charge in [-0.3, -0.25) is 4.79 Å². The molecule has 0 saturated heterocycles. The molecular weight excluding hydrogens is 316 g/mol. The van der Waals surface area contributed by atoms with Crippen LogP contribution in [0.5, 0.6) is 5.75 Å². The molecule has 0 amide bonds. The molecule has 1 heterocycles. The zero-order chi connectivity index (χ0) is 18.0. The van der Waals surface area contributed by atoms with E-state index in [9.17, 15) is 9.59 Å². The first-order valence-corrected chi connectivity index (χ1v) is 9.07. The number of fused-ring (bicyclic) bond motifs is 3. The van der Waals surface area contributed by atoms with Crippen LogP contribution in [0.1, 0.15) is 56.6 Å². The van der Waals surface area contributed by atoms with E-state index in [0.717, 1.165) is 31.4 Å². The Morgan fingerprint density at radius 1 is 1.36 bits per heavy atom. The zero-order valence-corrected chi connectivity index (χ0v) is 15.0. The smallest absolute Gasteiger partial charge is 0.302 e. The van der Waals surface area contributed by atoms with Crippen molar-refractivity contribution in [1.82, 2.24) is 0 Å². The predicted molar refractivity (Wildman–Crippen MR) is 95.7 cm³/mol. The monoisotopic (exact) mass is 342 g/mol. The number of allylic oxidation sites excluding steroid dienone is 1. The van der Waals surface area contributed by atoms with Crippen molar-refractivity contribution in [2.24, 2.45) is 5.92 Å². The lowest BCUT2D eigenvalue weighted by atomic mass is 9.85. The molecular formula is C21H26O4. The highest BCUT2D eigenvalue weighted by molar-refractivity contribution is 5.75. The number of ketones is 1. The second-order valence-electron chi connectivity index (χ2n) is 7.14. The zero-order valence-electron chi connectivity index (χ0n) is 15.0. The van der Waals surface area contributed by atoms with Crippen molar-refractivity contribution < 1.29 is 19.1 Å². The fourth-order valence-corrected chi connectivity index (χ4v) is 4.34. The standard InChI is InChI=1S/C21H26O4/c1-4-7-16-18(24-14(3)23)12-19-20(16)17-11-6-10-15(21(17)25-19)9-5-8-13(2)22/h4,6,10-11,16,18-20H,1,5,7-9,12H2,2-3H3/t16-,18+,19-,20?/m0/s1. The molecule has 4 nitrogen and oxygen atoms in total. The highest BCUT2D eigenvalue weighted by Gasteiger charge is 2.51. The highest BCUT2D eigenvalue weighted by atomic mass is 16.5. The first-order valence-electron chi connectivity index (χ1n) is 9.07. The van der Waals surface area contributed by atoms with Crippen LogP contribution in [0.25, 0.3) is 0 Å². The molecule has 4 atom stereocenters. The summed E-state index contributed by atoms with van der Waals surface area (Å²) >= 11 is 0. The topological polar surface area (TPSA) is 52.6 Å². The maximum atomic E-state index is 11.4. The minimum absolute atomic E-state index is 0.0539. The van der Waals surface area contributed by atoms with Crippen LogP contribution in [0.15, 0.2) is 30.9 Å². The molecule has 4 heteroatoms. The minimum atomic E-state index is -0.239. The third-order valence-corrected chi connectivity index (χ3v) is 5.29. The molecule has 1 aliphatic heterocycles. The Kier molecular flexibility index (Phi) is 5.26. The lowest BCUT2D eigenvalue weighted by molar-refractivity contribution is -0.148. The maximum Gasteiger partial charge on any atom is 0.302 e. The van der Waals surface area contributed by atoms with E-state index in [4.69, 9.17) is 9.47 Å². The molecule has 0 bridgehead atoms. The van der Waals surface area contributed by atoms with Crippen LogP contribution in [0.4, 0.5) is 0 Å². The molecule has 134 valence electrons. The van der Waals surface area contributed by atoms with Crippen molar-refractivity contribution in [3.8, 4) is 5.75 Å². The van der Waals surface area contributed by atoms with Gasteiger partial charge < -0.3 is 14.3 Å². The van der Waals surface area contributed by atoms with Gasteiger partial charge in [-0.1, -0.05) is 24.3 Å². The van der Waals surface area contributed by atoms with Crippen molar-refractivity contribution >= 4 is 11.8 Å². The van der Waals surface area contributed by atoms with Crippen LogP contribution in [-0.4, -0.2) is 24.0 Å². The van der Waals surface area contributed by atoms with Crippen molar-refractivity contribution in [2.45, 2.75) is 64.1 Å². The van der Waals surface area contributed by atoms with Gasteiger partial charge in [-0.2, -0.15) is 0 Å². The number of carbonyl (C=O) groups excluding carboxylic acids is 2. The molecule has 0 radical (unpaired) electrons. The van der Waals surface area contributed by atoms with Crippen LogP contribution in [0.3, 0.4) is 0 Å². The van der Waals surface area contributed by atoms with Crippen LogP contribution < -0.4 is 4.74 Å². The van der Waals surface area contributed by atoms with E-state index in [1.54, 1.807) is 6.92 Å². The Balaban J connectivity index is 1.82. The van der Waals surface area contributed by atoms with Crippen LogP contribution in [0.2, 0.25) is 0 Å². The summed E-state index contributed by atoms with van der Waals surface area (Å²) in [6, 6.07) is 6.28. The third kappa shape index (κ3) is 3.63. The van der Waals surface area contributed by atoms with Gasteiger partial charge in [0.05, 0.1) is 0 Å². The fourth-order valence-electron chi connectivity index (χ4n) is 4.34. The average Bonchev–Trinajstić information content (AvgIpc) is 3.04. The number of benzene rings is 1. The fraction of sp³-hybridized carbons (Fsp3) is 0.524. The number of carbonyl (C=O) groups is 2. The van der Waals surface area contributed by atoms with Gasteiger partial charge in [0.2, 0.25) is 0 Å². The number of hydrogen-bond donors (Lipinski definition) is 0. The summed E-state index contributed by atoms with van der Waals surface area (Å²) in [5.74, 6) is 1.42. The molecule has 1 aliphatic carbocycles. The van der Waals surface area contributed by atoms with Gasteiger partial charge in [-0.25, -0.2) is 0 Å². The molecule has 0 spiro atoms. The van der Waals surface area contributed by atoms with Gasteiger partial charge in [0.25, 0.3) is 0 Å². The van der Waals surface area contributed by atoms with E-state index in [1.807, 2.05) is 6.08 Å². The molecule has 1 unspecified atom stereocenters. The van der Waals surface area contributed by atoms with Gasteiger partial charge in [0.15, 0.2) is 0 Å². The normalized spacial score (nSPS) is 26.5. The van der Waals surface area contributed by atoms with Crippen LogP contribution >= 0.6 is 0 Å². The first-order chi connectivity index (χ1) is 12.0. The van der Waals surface area contributed by atoms with Crippen molar-refractivity contribution in [3.63, 3.8) is 0 Å². The lowest BCUT2D eigenvalue weighted by Gasteiger charge is -2.22. The predicted octanol–water partition coefficient (Wildman–Crippen LogP) is 3.97. The maximum absolute atomic E-state index is 11.4. The molecule has 3 rings (SSSR count). The summed E-state index contributed by atoms with van der Waals surface area (Å²) in [6.45, 7) is 6.96. The number of aryl methyl sites for hydroxylation is 1. The van der Waals surface area contributed by atoms with E-state index in [0.29, 0.717) is 6.42 Å². The van der Waals surface area contributed by atoms with Crippen molar-refractivity contribution in [2.75, 3.05) is 0 Å². The molecule has 25 heavy (non-hydrogen) atoms. The number of para-hydroxylation sites is 1. The van der Waals surface area contributed by atoms with E-state index < -0.39 is 0 Å². The van der Waals surface area contributed by atoms with Gasteiger partial charge in [-0.15, -0.1) is 6.58 Å². The lowest BCUT2D eigenvalue weighted by Crippen LogP contribution is -2.23. The van der Waals surface area contributed by atoms with Gasteiger partial charge >= 0.3 is 5.97 Å². The molecule has 0 N–H and O–H groups in total. The largest absolute Gasteiger partial charge is 0.489 e. The second kappa shape index (κ2) is 7.42. The summed E-state index contributed by atoms with van der Waals surface area (Å²) < 4.78 is 11.8. The second-order valence-corrected chi connectivity index (χ2v) is 7.14. The van der Waals surface area contributed by atoms with E-state index in [-0.39, 0.29) is 35.8 Å². The molecule has 1 saturated carbocycles. The Morgan fingerprint density at radius 2 is 2.16 bits per heavy atom. The van der Waals surface area contributed by atoms with E-state index in [2.05, 4.69) is 24.8 Å². The summed E-state index contributed by atoms with van der Waals surface area (Å²) in [6.07, 6.45) is 5.67. The average molecular weight is 342 g/mol. The first kappa shape index (κ1) is 17.7. The Labute approximate surface area is 149 Å². The minimum Gasteiger partial charge on any atom is -0.489 e. The van der Waals surface area contributed by atoms with Crippen LogP contribution in [0, 0.1) is 5.92 Å². The third-order valence-electron chi connectivity index (χ3n) is 5.29. The van der Waals surface area contributed by atoms with Gasteiger partial charge in [0.1, 0.15) is 23.7 Å². The summed E-state index contributed by atoms with van der Waals surface area (Å²) in [5, 5.41) is 0. The Morgan fingerprint density at radius 3 is 2.84 bits per heavy atom. The quantitative estimate of drug-likeness (QED) is 0.556. The molecule has 2 aliphatic rings. The molecule has 1 aromatic carbocycles. The summed E-state index contributed by atoms with van der Waals surface area (Å²) in [5.41, 5.74) is 2.39. The van der Waals surface area contributed by atoms with Gasteiger partial charge in [-0.05, 0) is 31.7 Å². The molecule has 1 fully saturated rings. The number of ether oxygens (including phenoxy) is 2. The van der Waals surface area contributed by atoms with Crippen molar-refractivity contribution in [1.29, 1.82) is 0 Å². The van der Waals surface area contributed by atoms with E-state index in [1.165, 1.54) is 18.1 Å². The number of rotatable bonds is 7. The summed E-state index contributed by atoms with van der Waals surface area (Å²) in [4.78, 5) is 22.6. The molecule has 0 aromatic heterocycles. The molecule has 1 aromatic rings. The highest BCUT2D eigenvalue weighted by Crippen LogP contribution is 2.53. The Bertz CT molecular complexity index is 678. The Hall–Kier alpha value is -2.10. The van der Waals surface area contributed by atoms with E-state index >= 15 is 0 Å². The SMILES string of the molecule is C=CC[C@@H]1C2c3cccc(CCCC(C)=O)c3O[C@H]2C[C@H]1OC(C)=O. The van der Waals surface area contributed by atoms with Crippen molar-refractivity contribution in [3.05, 3.63) is 42.0 Å². The number of esters is 1. The van der Waals surface area contributed by atoms with Gasteiger partial charge in [0, 0.05) is 37.2 Å².